The molecule has 1 aromatic heterocycles. The second-order valence-corrected chi connectivity index (χ2v) is 7.00. The van der Waals surface area contributed by atoms with Crippen LogP contribution in [0.2, 0.25) is 0 Å². The number of hydrazone groups is 1. The maximum absolute atomic E-state index is 5.19. The van der Waals surface area contributed by atoms with Crippen molar-refractivity contribution < 1.29 is 9.47 Å². The quantitative estimate of drug-likeness (QED) is 0.491. The number of methoxy groups -OCH3 is 2. The molecule has 1 aromatic carbocycles. The van der Waals surface area contributed by atoms with Crippen molar-refractivity contribution >= 4 is 18.0 Å². The first-order chi connectivity index (χ1) is 11.4. The zero-order valence-corrected chi connectivity index (χ0v) is 15.3. The minimum Gasteiger partial charge on any atom is -0.481 e. The van der Waals surface area contributed by atoms with Gasteiger partial charge in [0, 0.05) is 16.0 Å². The molecule has 0 aliphatic rings. The van der Waals surface area contributed by atoms with Crippen LogP contribution in [0.4, 0.5) is 0 Å². The Morgan fingerprint density at radius 3 is 2.29 bits per heavy atom. The molecule has 2 aromatic rings. The van der Waals surface area contributed by atoms with Gasteiger partial charge in [-0.1, -0.05) is 18.2 Å². The minimum absolute atomic E-state index is 0.0815. The monoisotopic (exact) mass is 346 g/mol. The summed E-state index contributed by atoms with van der Waals surface area (Å²) >= 11 is 1.43. The summed E-state index contributed by atoms with van der Waals surface area (Å²) < 4.78 is 10.4. The molecule has 7 heteroatoms. The first kappa shape index (κ1) is 18.1. The fourth-order valence-electron chi connectivity index (χ4n) is 1.71. The summed E-state index contributed by atoms with van der Waals surface area (Å²) in [6.07, 6.45) is 1.80. The first-order valence-corrected chi connectivity index (χ1v) is 8.27. The van der Waals surface area contributed by atoms with Gasteiger partial charge in [-0.25, -0.2) is 0 Å². The molecule has 0 saturated carbocycles. The molecular weight excluding hydrogens is 324 g/mol. The SMILES string of the molecule is COc1cc(OC)nc(Sc2ccccc2/C=N/NC(C)(C)C)n1. The van der Waals surface area contributed by atoms with Gasteiger partial charge in [-0.2, -0.15) is 15.1 Å². The van der Waals surface area contributed by atoms with Gasteiger partial charge >= 0.3 is 0 Å². The maximum atomic E-state index is 5.19. The summed E-state index contributed by atoms with van der Waals surface area (Å²) in [4.78, 5) is 9.68. The second kappa shape index (κ2) is 8.01. The van der Waals surface area contributed by atoms with Crippen LogP contribution < -0.4 is 14.9 Å². The second-order valence-electron chi connectivity index (χ2n) is 6.00. The Balaban J connectivity index is 2.24. The molecule has 0 fully saturated rings. The molecule has 0 atom stereocenters. The average Bonchev–Trinajstić information content (AvgIpc) is 2.55. The van der Waals surface area contributed by atoms with Crippen molar-refractivity contribution in [2.45, 2.75) is 36.4 Å². The van der Waals surface area contributed by atoms with Crippen LogP contribution in [-0.4, -0.2) is 35.9 Å². The summed E-state index contributed by atoms with van der Waals surface area (Å²) in [5.41, 5.74) is 3.98. The molecule has 1 N–H and O–H groups in total. The van der Waals surface area contributed by atoms with Gasteiger partial charge in [0.15, 0.2) is 5.16 Å². The predicted octanol–water partition coefficient (Wildman–Crippen LogP) is 3.37. The zero-order valence-electron chi connectivity index (χ0n) is 14.5. The summed E-state index contributed by atoms with van der Waals surface area (Å²) in [6, 6.07) is 9.57. The van der Waals surface area contributed by atoms with E-state index in [1.54, 1.807) is 26.5 Å². The highest BCUT2D eigenvalue weighted by atomic mass is 32.2. The fourth-order valence-corrected chi connectivity index (χ4v) is 2.57. The number of hydrogen-bond donors (Lipinski definition) is 1. The van der Waals surface area contributed by atoms with Crippen molar-refractivity contribution in [3.05, 3.63) is 35.9 Å². The number of nitrogens with one attached hydrogen (secondary N) is 1. The molecule has 24 heavy (non-hydrogen) atoms. The van der Waals surface area contributed by atoms with Crippen LogP contribution in [0.15, 0.2) is 45.5 Å². The summed E-state index contributed by atoms with van der Waals surface area (Å²) in [5.74, 6) is 0.926. The Labute approximate surface area is 146 Å². The van der Waals surface area contributed by atoms with Gasteiger partial charge in [-0.3, -0.25) is 0 Å². The Morgan fingerprint density at radius 1 is 1.08 bits per heavy atom. The molecule has 0 spiro atoms. The number of nitrogens with zero attached hydrogens (tertiary/aromatic N) is 3. The molecule has 1 heterocycles. The van der Waals surface area contributed by atoms with Crippen LogP contribution in [0, 0.1) is 0 Å². The van der Waals surface area contributed by atoms with E-state index in [4.69, 9.17) is 9.47 Å². The molecule has 6 nitrogen and oxygen atoms in total. The molecule has 0 bridgehead atoms. The van der Waals surface area contributed by atoms with Crippen LogP contribution in [-0.2, 0) is 0 Å². The van der Waals surface area contributed by atoms with Gasteiger partial charge in [0.25, 0.3) is 0 Å². The Bertz CT molecular complexity index is 692. The molecule has 2 rings (SSSR count). The predicted molar refractivity (Wildman–Crippen MR) is 96.2 cm³/mol. The van der Waals surface area contributed by atoms with Gasteiger partial charge in [-0.05, 0) is 38.6 Å². The molecule has 0 aliphatic heterocycles. The molecule has 0 amide bonds. The van der Waals surface area contributed by atoms with Crippen molar-refractivity contribution in [1.29, 1.82) is 0 Å². The lowest BCUT2D eigenvalue weighted by molar-refractivity contribution is 0.364. The molecule has 0 saturated heterocycles. The van der Waals surface area contributed by atoms with E-state index in [-0.39, 0.29) is 5.54 Å². The number of rotatable bonds is 6. The van der Waals surface area contributed by atoms with E-state index in [0.717, 1.165) is 10.5 Å². The summed E-state index contributed by atoms with van der Waals surface area (Å²) in [6.45, 7) is 6.17. The minimum atomic E-state index is -0.0815. The van der Waals surface area contributed by atoms with Gasteiger partial charge in [0.2, 0.25) is 11.8 Å². The van der Waals surface area contributed by atoms with Crippen molar-refractivity contribution in [1.82, 2.24) is 15.4 Å². The van der Waals surface area contributed by atoms with E-state index in [1.165, 1.54) is 11.8 Å². The van der Waals surface area contributed by atoms with Gasteiger partial charge in [0.1, 0.15) is 0 Å². The Kier molecular flexibility index (Phi) is 6.03. The van der Waals surface area contributed by atoms with Gasteiger partial charge in [-0.15, -0.1) is 0 Å². The first-order valence-electron chi connectivity index (χ1n) is 7.45. The molecule has 0 radical (unpaired) electrons. The molecule has 0 aliphatic carbocycles. The van der Waals surface area contributed by atoms with E-state index in [1.807, 2.05) is 24.3 Å². The smallest absolute Gasteiger partial charge is 0.220 e. The van der Waals surface area contributed by atoms with Gasteiger partial charge in [0.05, 0.1) is 26.5 Å². The third-order valence-electron chi connectivity index (χ3n) is 2.80. The standard InChI is InChI=1S/C17H22N4O2S/c1-17(2,3)21-18-11-12-8-6-7-9-13(12)24-16-19-14(22-4)10-15(20-16)23-5/h6-11,21H,1-5H3/b18-11+. The third-order valence-corrected chi connectivity index (χ3v) is 3.76. The van der Waals surface area contributed by atoms with E-state index in [9.17, 15) is 0 Å². The van der Waals surface area contributed by atoms with E-state index >= 15 is 0 Å². The van der Waals surface area contributed by atoms with Crippen LogP contribution in [0.5, 0.6) is 11.8 Å². The van der Waals surface area contributed by atoms with Gasteiger partial charge < -0.3 is 14.9 Å². The number of aromatic nitrogens is 2. The summed E-state index contributed by atoms with van der Waals surface area (Å²) in [7, 11) is 3.13. The average molecular weight is 346 g/mol. The molecule has 128 valence electrons. The van der Waals surface area contributed by atoms with Crippen LogP contribution in [0.3, 0.4) is 0 Å². The lowest BCUT2D eigenvalue weighted by atomic mass is 10.1. The number of ether oxygens (including phenoxy) is 2. The highest BCUT2D eigenvalue weighted by molar-refractivity contribution is 7.99. The van der Waals surface area contributed by atoms with E-state index < -0.39 is 0 Å². The van der Waals surface area contributed by atoms with E-state index in [2.05, 4.69) is 41.3 Å². The van der Waals surface area contributed by atoms with Crippen molar-refractivity contribution in [2.24, 2.45) is 5.10 Å². The molecule has 0 unspecified atom stereocenters. The topological polar surface area (TPSA) is 68.6 Å². The maximum Gasteiger partial charge on any atom is 0.220 e. The van der Waals surface area contributed by atoms with Crippen LogP contribution in [0.1, 0.15) is 26.3 Å². The summed E-state index contributed by atoms with van der Waals surface area (Å²) in [5, 5.41) is 4.86. The highest BCUT2D eigenvalue weighted by Crippen LogP contribution is 2.30. The lowest BCUT2D eigenvalue weighted by Crippen LogP contribution is -2.31. The molecular formula is C17H22N4O2S. The van der Waals surface area contributed by atoms with Crippen molar-refractivity contribution in [3.63, 3.8) is 0 Å². The number of hydrogen-bond acceptors (Lipinski definition) is 7. The third kappa shape index (κ3) is 5.42. The van der Waals surface area contributed by atoms with E-state index in [0.29, 0.717) is 16.9 Å². The largest absolute Gasteiger partial charge is 0.481 e. The lowest BCUT2D eigenvalue weighted by Gasteiger charge is -2.17. The van der Waals surface area contributed by atoms with Crippen molar-refractivity contribution in [3.8, 4) is 11.8 Å². The van der Waals surface area contributed by atoms with Crippen molar-refractivity contribution in [2.75, 3.05) is 14.2 Å². The Hall–Kier alpha value is -2.28. The number of benzene rings is 1. The fraction of sp³-hybridized carbons (Fsp3) is 0.353. The normalized spacial score (nSPS) is 11.5. The van der Waals surface area contributed by atoms with Crippen LogP contribution >= 0.6 is 11.8 Å². The Morgan fingerprint density at radius 2 is 1.71 bits per heavy atom. The van der Waals surface area contributed by atoms with Crippen LogP contribution in [0.25, 0.3) is 0 Å². The zero-order chi connectivity index (χ0) is 17.6. The highest BCUT2D eigenvalue weighted by Gasteiger charge is 2.10.